The number of primary amides is 1. The van der Waals surface area contributed by atoms with E-state index >= 15 is 0 Å². The first-order valence-corrected chi connectivity index (χ1v) is 9.49. The van der Waals surface area contributed by atoms with E-state index < -0.39 is 41.0 Å². The standard InChI is InChI=1S/C16H12ClF3N6O4S/c1-5-3-7(16(18,19)20)22-15-9(5)11(12(31-15)13(21)28)23-8(27)4-25-6(2)10(17)14(24-25)26(29)30/h3H,4H2,1-2H3,(H2,21,28)(H,23,27). The number of pyridine rings is 1. The highest BCUT2D eigenvalue weighted by Gasteiger charge is 2.34. The number of alkyl halides is 3. The Bertz CT molecular complexity index is 1250. The van der Waals surface area contributed by atoms with Crippen molar-refractivity contribution in [1.82, 2.24) is 14.8 Å². The summed E-state index contributed by atoms with van der Waals surface area (Å²) in [4.78, 5) is 37.7. The number of carbonyl (C=O) groups is 2. The summed E-state index contributed by atoms with van der Waals surface area (Å²) in [6.45, 7) is 2.27. The fourth-order valence-electron chi connectivity index (χ4n) is 2.81. The summed E-state index contributed by atoms with van der Waals surface area (Å²) in [5, 5.41) is 16.9. The number of nitrogens with one attached hydrogen (secondary N) is 1. The summed E-state index contributed by atoms with van der Waals surface area (Å²) in [7, 11) is 0. The quantitative estimate of drug-likeness (QED) is 0.426. The number of rotatable bonds is 5. The number of amides is 2. The number of aryl methyl sites for hydroxylation is 1. The molecule has 3 N–H and O–H groups in total. The highest BCUT2D eigenvalue weighted by Crippen LogP contribution is 2.39. The Morgan fingerprint density at radius 1 is 1.39 bits per heavy atom. The minimum Gasteiger partial charge on any atom is -0.365 e. The molecular formula is C16H12ClF3N6O4S. The number of nitrogens with two attached hydrogens (primary N) is 1. The molecule has 3 aromatic heterocycles. The van der Waals surface area contributed by atoms with E-state index in [1.165, 1.54) is 13.8 Å². The molecule has 3 aromatic rings. The average Bonchev–Trinajstić information content (AvgIpc) is 3.14. The summed E-state index contributed by atoms with van der Waals surface area (Å²) >= 11 is 6.44. The number of fused-ring (bicyclic) bond motifs is 1. The molecule has 0 aliphatic carbocycles. The van der Waals surface area contributed by atoms with E-state index in [2.05, 4.69) is 15.4 Å². The van der Waals surface area contributed by atoms with E-state index in [0.717, 1.165) is 10.7 Å². The lowest BCUT2D eigenvalue weighted by Gasteiger charge is -2.09. The van der Waals surface area contributed by atoms with Gasteiger partial charge in [0.15, 0.2) is 5.02 Å². The lowest BCUT2D eigenvalue weighted by molar-refractivity contribution is -0.389. The second-order valence-electron chi connectivity index (χ2n) is 6.36. The third-order valence-corrected chi connectivity index (χ3v) is 5.76. The smallest absolute Gasteiger partial charge is 0.365 e. The van der Waals surface area contributed by atoms with E-state index in [4.69, 9.17) is 17.3 Å². The van der Waals surface area contributed by atoms with Gasteiger partial charge in [0.05, 0.1) is 16.5 Å². The molecule has 0 bridgehead atoms. The monoisotopic (exact) mass is 476 g/mol. The predicted octanol–water partition coefficient (Wildman–Crippen LogP) is 3.43. The fourth-order valence-corrected chi connectivity index (χ4v) is 4.08. The molecule has 3 heterocycles. The Balaban J connectivity index is 2.02. The van der Waals surface area contributed by atoms with Crippen LogP contribution >= 0.6 is 22.9 Å². The van der Waals surface area contributed by atoms with Gasteiger partial charge in [0, 0.05) is 5.39 Å². The second kappa shape index (κ2) is 7.77. The van der Waals surface area contributed by atoms with Gasteiger partial charge in [-0.05, 0) is 30.4 Å². The number of halogens is 4. The number of hydrogen-bond acceptors (Lipinski definition) is 7. The molecule has 0 atom stereocenters. The predicted molar refractivity (Wildman–Crippen MR) is 105 cm³/mol. The van der Waals surface area contributed by atoms with Crippen LogP contribution in [0.5, 0.6) is 0 Å². The number of anilines is 1. The van der Waals surface area contributed by atoms with Crippen LogP contribution in [-0.4, -0.2) is 31.5 Å². The zero-order chi connectivity index (χ0) is 23.2. The maximum Gasteiger partial charge on any atom is 0.433 e. The van der Waals surface area contributed by atoms with Crippen LogP contribution in [0.25, 0.3) is 10.2 Å². The van der Waals surface area contributed by atoms with Gasteiger partial charge in [0.2, 0.25) is 5.91 Å². The van der Waals surface area contributed by atoms with Crippen LogP contribution in [0.15, 0.2) is 6.07 Å². The normalized spacial score (nSPS) is 11.7. The molecule has 0 aromatic carbocycles. The van der Waals surface area contributed by atoms with E-state index in [9.17, 15) is 32.9 Å². The van der Waals surface area contributed by atoms with Gasteiger partial charge in [-0.3, -0.25) is 9.59 Å². The fraction of sp³-hybridized carbons (Fsp3) is 0.250. The first-order valence-electron chi connectivity index (χ1n) is 8.29. The molecule has 0 radical (unpaired) electrons. The van der Waals surface area contributed by atoms with Crippen LogP contribution in [-0.2, 0) is 17.5 Å². The number of thiophene rings is 1. The topological polar surface area (TPSA) is 146 Å². The number of hydrogen-bond donors (Lipinski definition) is 2. The number of nitro groups is 1. The van der Waals surface area contributed by atoms with Gasteiger partial charge in [0.25, 0.3) is 5.91 Å². The Kier molecular flexibility index (Phi) is 5.62. The van der Waals surface area contributed by atoms with Crippen molar-refractivity contribution in [1.29, 1.82) is 0 Å². The number of aromatic nitrogens is 3. The molecule has 31 heavy (non-hydrogen) atoms. The maximum atomic E-state index is 13.1. The van der Waals surface area contributed by atoms with E-state index in [0.29, 0.717) is 11.3 Å². The molecule has 10 nitrogen and oxygen atoms in total. The van der Waals surface area contributed by atoms with Crippen LogP contribution in [0, 0.1) is 24.0 Å². The Labute approximate surface area is 179 Å². The molecule has 164 valence electrons. The van der Waals surface area contributed by atoms with Crippen molar-refractivity contribution in [3.63, 3.8) is 0 Å². The molecule has 0 aliphatic heterocycles. The number of carbonyl (C=O) groups excluding carboxylic acids is 2. The van der Waals surface area contributed by atoms with Crippen molar-refractivity contribution in [3.05, 3.63) is 43.0 Å². The van der Waals surface area contributed by atoms with Gasteiger partial charge < -0.3 is 21.2 Å². The van der Waals surface area contributed by atoms with Crippen LogP contribution in [0.1, 0.15) is 26.6 Å². The Hall–Kier alpha value is -3.26. The zero-order valence-corrected chi connectivity index (χ0v) is 17.3. The highest BCUT2D eigenvalue weighted by molar-refractivity contribution is 7.21. The Morgan fingerprint density at radius 2 is 2.03 bits per heavy atom. The van der Waals surface area contributed by atoms with Gasteiger partial charge in [-0.15, -0.1) is 11.3 Å². The first kappa shape index (κ1) is 22.4. The summed E-state index contributed by atoms with van der Waals surface area (Å²) in [6, 6.07) is 0.788. The van der Waals surface area contributed by atoms with Crippen molar-refractivity contribution in [2.75, 3.05) is 5.32 Å². The van der Waals surface area contributed by atoms with Crippen LogP contribution in [0.2, 0.25) is 5.02 Å². The zero-order valence-electron chi connectivity index (χ0n) is 15.7. The summed E-state index contributed by atoms with van der Waals surface area (Å²) in [6.07, 6.45) is -4.70. The van der Waals surface area contributed by atoms with Crippen molar-refractivity contribution in [3.8, 4) is 0 Å². The lowest BCUT2D eigenvalue weighted by atomic mass is 10.1. The molecule has 0 unspecified atom stereocenters. The second-order valence-corrected chi connectivity index (χ2v) is 7.74. The molecule has 3 rings (SSSR count). The largest absolute Gasteiger partial charge is 0.433 e. The molecule has 15 heteroatoms. The maximum absolute atomic E-state index is 13.1. The van der Waals surface area contributed by atoms with Crippen LogP contribution in [0.4, 0.5) is 24.7 Å². The molecule has 0 saturated carbocycles. The van der Waals surface area contributed by atoms with Gasteiger partial charge in [-0.25, -0.2) is 4.98 Å². The molecule has 0 saturated heterocycles. The van der Waals surface area contributed by atoms with Crippen molar-refractivity contribution < 1.29 is 27.7 Å². The Morgan fingerprint density at radius 3 is 2.55 bits per heavy atom. The first-order chi connectivity index (χ1) is 14.3. The third-order valence-electron chi connectivity index (χ3n) is 4.22. The highest BCUT2D eigenvalue weighted by atomic mass is 35.5. The average molecular weight is 477 g/mol. The molecule has 0 fully saturated rings. The van der Waals surface area contributed by atoms with E-state index in [1.54, 1.807) is 0 Å². The summed E-state index contributed by atoms with van der Waals surface area (Å²) in [5.41, 5.74) is 4.34. The van der Waals surface area contributed by atoms with E-state index in [-0.39, 0.29) is 37.1 Å². The van der Waals surface area contributed by atoms with Crippen LogP contribution < -0.4 is 11.1 Å². The van der Waals surface area contributed by atoms with Crippen molar-refractivity contribution in [2.24, 2.45) is 5.73 Å². The van der Waals surface area contributed by atoms with Gasteiger partial charge >= 0.3 is 12.0 Å². The minimum atomic E-state index is -4.70. The number of nitrogens with zero attached hydrogens (tertiary/aromatic N) is 4. The minimum absolute atomic E-state index is 0.0957. The summed E-state index contributed by atoms with van der Waals surface area (Å²) < 4.78 is 40.2. The third kappa shape index (κ3) is 4.16. The molecule has 0 spiro atoms. The molecule has 2 amide bonds. The van der Waals surface area contributed by atoms with Crippen molar-refractivity contribution >= 4 is 56.5 Å². The van der Waals surface area contributed by atoms with Crippen molar-refractivity contribution in [2.45, 2.75) is 26.6 Å². The van der Waals surface area contributed by atoms with Crippen LogP contribution in [0.3, 0.4) is 0 Å². The van der Waals surface area contributed by atoms with Gasteiger partial charge in [-0.1, -0.05) is 11.6 Å². The van der Waals surface area contributed by atoms with Gasteiger partial charge in [-0.2, -0.15) is 17.9 Å². The SMILES string of the molecule is Cc1cc(C(F)(F)F)nc2sc(C(N)=O)c(NC(=O)Cn3nc([N+](=O)[O-])c(Cl)c3C)c12. The lowest BCUT2D eigenvalue weighted by Crippen LogP contribution is -2.22. The van der Waals surface area contributed by atoms with E-state index in [1.807, 2.05) is 0 Å². The molecular weight excluding hydrogens is 465 g/mol. The molecule has 0 aliphatic rings. The van der Waals surface area contributed by atoms with Gasteiger partial charge in [0.1, 0.15) is 21.9 Å². The summed E-state index contributed by atoms with van der Waals surface area (Å²) in [5.74, 6) is -2.37.